The molecule has 4 nitrogen and oxygen atoms in total. The van der Waals surface area contributed by atoms with Crippen molar-refractivity contribution in [2.24, 2.45) is 5.73 Å². The number of amides is 2. The Hall–Kier alpha value is -1.23. The van der Waals surface area contributed by atoms with E-state index in [9.17, 15) is 4.79 Å². The summed E-state index contributed by atoms with van der Waals surface area (Å²) in [4.78, 5) is 12.8. The zero-order valence-corrected chi connectivity index (χ0v) is 12.7. The highest BCUT2D eigenvalue weighted by Gasteiger charge is 2.21. The third-order valence-electron chi connectivity index (χ3n) is 3.61. The number of aryl methyl sites for hydroxylation is 1. The van der Waals surface area contributed by atoms with Gasteiger partial charge in [0.15, 0.2) is 0 Å². The Labute approximate surface area is 122 Å². The lowest BCUT2D eigenvalue weighted by molar-refractivity contribution is 0.193. The average molecular weight is 326 g/mol. The lowest BCUT2D eigenvalue weighted by Gasteiger charge is -2.32. The molecule has 19 heavy (non-hydrogen) atoms. The van der Waals surface area contributed by atoms with Gasteiger partial charge >= 0.3 is 6.03 Å². The predicted molar refractivity (Wildman–Crippen MR) is 81.3 cm³/mol. The highest BCUT2D eigenvalue weighted by Crippen LogP contribution is 2.24. The standard InChI is InChI=1S/C14H20BrN3O/c1-2-10-9-11(15)3-4-13(10)17-12-5-7-18(8-6-12)14(16)19/h3-4,9,12,17H,2,5-8H2,1H3,(H2,16,19). The lowest BCUT2D eigenvalue weighted by atomic mass is 10.0. The molecule has 2 rings (SSSR count). The van der Waals surface area contributed by atoms with Crippen molar-refractivity contribution in [1.29, 1.82) is 0 Å². The first kappa shape index (κ1) is 14.2. The SMILES string of the molecule is CCc1cc(Br)ccc1NC1CCN(C(N)=O)CC1. The van der Waals surface area contributed by atoms with Crippen LogP contribution in [0.4, 0.5) is 10.5 Å². The number of carbonyl (C=O) groups excluding carboxylic acids is 1. The second-order valence-electron chi connectivity index (χ2n) is 4.90. The van der Waals surface area contributed by atoms with Crippen LogP contribution in [-0.2, 0) is 6.42 Å². The third kappa shape index (κ3) is 3.62. The quantitative estimate of drug-likeness (QED) is 0.897. The molecular formula is C14H20BrN3O. The second-order valence-corrected chi connectivity index (χ2v) is 5.81. The molecule has 1 saturated heterocycles. The normalized spacial score (nSPS) is 16.4. The number of nitrogens with one attached hydrogen (secondary N) is 1. The fourth-order valence-electron chi connectivity index (χ4n) is 2.46. The van der Waals surface area contributed by atoms with Crippen molar-refractivity contribution >= 4 is 27.6 Å². The lowest BCUT2D eigenvalue weighted by Crippen LogP contribution is -2.44. The van der Waals surface area contributed by atoms with E-state index in [2.05, 4.69) is 46.4 Å². The van der Waals surface area contributed by atoms with Gasteiger partial charge in [-0.15, -0.1) is 0 Å². The fraction of sp³-hybridized carbons (Fsp3) is 0.500. The molecule has 0 atom stereocenters. The molecule has 0 spiro atoms. The van der Waals surface area contributed by atoms with Crippen molar-refractivity contribution < 1.29 is 4.79 Å². The molecule has 1 aliphatic rings. The minimum Gasteiger partial charge on any atom is -0.382 e. The van der Waals surface area contributed by atoms with Crippen LogP contribution < -0.4 is 11.1 Å². The number of carbonyl (C=O) groups is 1. The van der Waals surface area contributed by atoms with Crippen LogP contribution in [0.25, 0.3) is 0 Å². The number of primary amides is 1. The first-order chi connectivity index (χ1) is 9.10. The van der Waals surface area contributed by atoms with Gasteiger partial charge in [-0.1, -0.05) is 22.9 Å². The van der Waals surface area contributed by atoms with E-state index in [1.54, 1.807) is 4.90 Å². The molecule has 0 bridgehead atoms. The molecule has 2 amide bonds. The molecule has 5 heteroatoms. The van der Waals surface area contributed by atoms with Crippen molar-refractivity contribution in [3.63, 3.8) is 0 Å². The van der Waals surface area contributed by atoms with E-state index < -0.39 is 0 Å². The van der Waals surface area contributed by atoms with Crippen molar-refractivity contribution in [1.82, 2.24) is 4.90 Å². The summed E-state index contributed by atoms with van der Waals surface area (Å²) in [6.07, 6.45) is 2.90. The number of rotatable bonds is 3. The van der Waals surface area contributed by atoms with Gasteiger partial charge in [-0.2, -0.15) is 0 Å². The average Bonchev–Trinajstić information content (AvgIpc) is 2.41. The van der Waals surface area contributed by atoms with E-state index in [1.807, 2.05) is 0 Å². The molecule has 1 aliphatic heterocycles. The summed E-state index contributed by atoms with van der Waals surface area (Å²) in [5.74, 6) is 0. The van der Waals surface area contributed by atoms with Crippen LogP contribution in [0.15, 0.2) is 22.7 Å². The minimum absolute atomic E-state index is 0.309. The van der Waals surface area contributed by atoms with Crippen LogP contribution in [-0.4, -0.2) is 30.1 Å². The third-order valence-corrected chi connectivity index (χ3v) is 4.11. The Bertz CT molecular complexity index is 456. The number of piperidine rings is 1. The molecule has 1 fully saturated rings. The molecule has 0 aromatic heterocycles. The van der Waals surface area contributed by atoms with E-state index in [-0.39, 0.29) is 6.03 Å². The van der Waals surface area contributed by atoms with E-state index in [0.717, 1.165) is 36.8 Å². The number of benzene rings is 1. The first-order valence-electron chi connectivity index (χ1n) is 6.69. The number of nitrogens with two attached hydrogens (primary N) is 1. The van der Waals surface area contributed by atoms with Gasteiger partial charge in [0.2, 0.25) is 0 Å². The van der Waals surface area contributed by atoms with Gasteiger partial charge in [-0.05, 0) is 43.0 Å². The van der Waals surface area contributed by atoms with Gasteiger partial charge in [-0.25, -0.2) is 4.79 Å². The zero-order valence-electron chi connectivity index (χ0n) is 11.2. The molecule has 1 aromatic rings. The number of halogens is 1. The molecule has 0 radical (unpaired) electrons. The maximum absolute atomic E-state index is 11.1. The van der Waals surface area contributed by atoms with Crippen LogP contribution in [0.2, 0.25) is 0 Å². The number of anilines is 1. The van der Waals surface area contributed by atoms with Crippen molar-refractivity contribution in [3.8, 4) is 0 Å². The smallest absolute Gasteiger partial charge is 0.314 e. The number of likely N-dealkylation sites (tertiary alicyclic amines) is 1. The molecule has 1 aromatic carbocycles. The van der Waals surface area contributed by atoms with E-state index in [0.29, 0.717) is 6.04 Å². The van der Waals surface area contributed by atoms with Crippen LogP contribution in [0.1, 0.15) is 25.3 Å². The second kappa shape index (κ2) is 6.28. The van der Waals surface area contributed by atoms with Crippen LogP contribution in [0, 0.1) is 0 Å². The summed E-state index contributed by atoms with van der Waals surface area (Å²) >= 11 is 3.50. The maximum atomic E-state index is 11.1. The summed E-state index contributed by atoms with van der Waals surface area (Å²) in [6.45, 7) is 3.64. The van der Waals surface area contributed by atoms with Gasteiger partial charge in [0.05, 0.1) is 0 Å². The zero-order chi connectivity index (χ0) is 13.8. The predicted octanol–water partition coefficient (Wildman–Crippen LogP) is 2.97. The summed E-state index contributed by atoms with van der Waals surface area (Å²) in [7, 11) is 0. The van der Waals surface area contributed by atoms with Gasteiger partial charge in [0.25, 0.3) is 0 Å². The molecule has 0 unspecified atom stereocenters. The monoisotopic (exact) mass is 325 g/mol. The Morgan fingerprint density at radius 2 is 2.16 bits per heavy atom. The molecule has 104 valence electrons. The van der Waals surface area contributed by atoms with Gasteiger partial charge in [0, 0.05) is 29.3 Å². The summed E-state index contributed by atoms with van der Waals surface area (Å²) in [6, 6.07) is 6.43. The maximum Gasteiger partial charge on any atom is 0.314 e. The Morgan fingerprint density at radius 1 is 1.47 bits per heavy atom. The van der Waals surface area contributed by atoms with Crippen LogP contribution in [0.5, 0.6) is 0 Å². The number of nitrogens with zero attached hydrogens (tertiary/aromatic N) is 1. The van der Waals surface area contributed by atoms with Gasteiger partial charge < -0.3 is 16.0 Å². The largest absolute Gasteiger partial charge is 0.382 e. The molecule has 3 N–H and O–H groups in total. The Morgan fingerprint density at radius 3 is 2.74 bits per heavy atom. The number of urea groups is 1. The summed E-state index contributed by atoms with van der Waals surface area (Å²) in [5.41, 5.74) is 7.80. The van der Waals surface area contributed by atoms with E-state index >= 15 is 0 Å². The Balaban J connectivity index is 1.97. The highest BCUT2D eigenvalue weighted by molar-refractivity contribution is 9.10. The van der Waals surface area contributed by atoms with Crippen molar-refractivity contribution in [3.05, 3.63) is 28.2 Å². The summed E-state index contributed by atoms with van der Waals surface area (Å²) in [5, 5.41) is 3.59. The molecule has 1 heterocycles. The minimum atomic E-state index is -0.309. The van der Waals surface area contributed by atoms with Gasteiger partial charge in [0.1, 0.15) is 0 Å². The summed E-state index contributed by atoms with van der Waals surface area (Å²) < 4.78 is 1.11. The van der Waals surface area contributed by atoms with Crippen LogP contribution in [0.3, 0.4) is 0 Å². The van der Waals surface area contributed by atoms with Crippen LogP contribution >= 0.6 is 15.9 Å². The molecule has 0 saturated carbocycles. The number of hydrogen-bond acceptors (Lipinski definition) is 2. The first-order valence-corrected chi connectivity index (χ1v) is 7.48. The molecular weight excluding hydrogens is 306 g/mol. The van der Waals surface area contributed by atoms with E-state index in [1.165, 1.54) is 11.3 Å². The van der Waals surface area contributed by atoms with Crippen molar-refractivity contribution in [2.75, 3.05) is 18.4 Å². The van der Waals surface area contributed by atoms with Crippen molar-refractivity contribution in [2.45, 2.75) is 32.2 Å². The van der Waals surface area contributed by atoms with E-state index in [4.69, 9.17) is 5.73 Å². The number of hydrogen-bond donors (Lipinski definition) is 2. The topological polar surface area (TPSA) is 58.4 Å². The highest BCUT2D eigenvalue weighted by atomic mass is 79.9. The fourth-order valence-corrected chi connectivity index (χ4v) is 2.87. The Kier molecular flexibility index (Phi) is 4.69. The molecule has 0 aliphatic carbocycles. The van der Waals surface area contributed by atoms with Gasteiger partial charge in [-0.3, -0.25) is 0 Å².